The standard InChI is InChI=1S/C11H16NOP.C2H6.CH4O/c1-11(2)12(14)8-10(13-11)9-6-4-3-5-7-9;2*1-2/h3-7,10H,8,14H2,1-2H3;1-2H3;2H,1H3. The number of ether oxygens (including phenoxy) is 1. The van der Waals surface area contributed by atoms with Crippen LogP contribution in [0.1, 0.15) is 39.4 Å². The lowest BCUT2D eigenvalue weighted by molar-refractivity contribution is -0.0486. The first kappa shape index (κ1) is 17.5. The van der Waals surface area contributed by atoms with Crippen molar-refractivity contribution in [3.05, 3.63) is 35.9 Å². The molecular formula is C14H26NO2P. The van der Waals surface area contributed by atoms with Crippen molar-refractivity contribution in [3.63, 3.8) is 0 Å². The van der Waals surface area contributed by atoms with Crippen LogP contribution in [0, 0.1) is 0 Å². The van der Waals surface area contributed by atoms with Crippen molar-refractivity contribution >= 4 is 9.39 Å². The van der Waals surface area contributed by atoms with Gasteiger partial charge in [0.05, 0.1) is 6.10 Å². The zero-order chi connectivity index (χ0) is 14.2. The molecule has 2 unspecified atom stereocenters. The molecule has 1 aliphatic rings. The first-order valence-corrected chi connectivity index (χ1v) is 6.81. The van der Waals surface area contributed by atoms with Gasteiger partial charge in [0.1, 0.15) is 5.72 Å². The normalized spacial score (nSPS) is 21.4. The zero-order valence-corrected chi connectivity index (χ0v) is 13.2. The molecule has 1 aliphatic heterocycles. The van der Waals surface area contributed by atoms with Crippen LogP contribution in [0.3, 0.4) is 0 Å². The highest BCUT2D eigenvalue weighted by molar-refractivity contribution is 7.13. The van der Waals surface area contributed by atoms with Gasteiger partial charge in [0.2, 0.25) is 0 Å². The van der Waals surface area contributed by atoms with E-state index >= 15 is 0 Å². The number of hydrogen-bond acceptors (Lipinski definition) is 3. The molecular weight excluding hydrogens is 245 g/mol. The lowest BCUT2D eigenvalue weighted by Gasteiger charge is -2.25. The molecule has 4 heteroatoms. The minimum atomic E-state index is -0.175. The molecule has 0 spiro atoms. The maximum absolute atomic E-state index is 7.00. The van der Waals surface area contributed by atoms with Gasteiger partial charge in [0, 0.05) is 13.7 Å². The van der Waals surface area contributed by atoms with Gasteiger partial charge in [-0.1, -0.05) is 53.6 Å². The second kappa shape index (κ2) is 8.60. The number of aliphatic hydroxyl groups excluding tert-OH is 1. The summed E-state index contributed by atoms with van der Waals surface area (Å²) in [6.45, 7) is 9.10. The first-order chi connectivity index (χ1) is 8.59. The minimum Gasteiger partial charge on any atom is -0.400 e. The van der Waals surface area contributed by atoms with E-state index in [0.29, 0.717) is 0 Å². The van der Waals surface area contributed by atoms with Crippen molar-refractivity contribution in [3.8, 4) is 0 Å². The van der Waals surface area contributed by atoms with E-state index in [9.17, 15) is 0 Å². The monoisotopic (exact) mass is 271 g/mol. The summed E-state index contributed by atoms with van der Waals surface area (Å²) in [5, 5.41) is 7.00. The third kappa shape index (κ3) is 4.66. The van der Waals surface area contributed by atoms with E-state index in [4.69, 9.17) is 9.84 Å². The lowest BCUT2D eigenvalue weighted by Crippen LogP contribution is -2.31. The summed E-state index contributed by atoms with van der Waals surface area (Å²) in [6.07, 6.45) is 0.198. The number of nitrogens with zero attached hydrogens (tertiary/aromatic N) is 1. The maximum atomic E-state index is 7.00. The fraction of sp³-hybridized carbons (Fsp3) is 0.571. The van der Waals surface area contributed by atoms with Crippen LogP contribution < -0.4 is 0 Å². The van der Waals surface area contributed by atoms with Gasteiger partial charge in [-0.3, -0.25) is 4.67 Å². The predicted octanol–water partition coefficient (Wildman–Crippen LogP) is 3.22. The van der Waals surface area contributed by atoms with Crippen molar-refractivity contribution in [2.24, 2.45) is 0 Å². The van der Waals surface area contributed by atoms with Crippen LogP contribution in [0.5, 0.6) is 0 Å². The Bertz CT molecular complexity index is 317. The van der Waals surface area contributed by atoms with Crippen LogP contribution in [-0.2, 0) is 4.74 Å². The van der Waals surface area contributed by atoms with E-state index < -0.39 is 0 Å². The maximum Gasteiger partial charge on any atom is 0.119 e. The Morgan fingerprint density at radius 3 is 2.11 bits per heavy atom. The molecule has 1 N–H and O–H groups in total. The molecule has 0 amide bonds. The average Bonchev–Trinajstić information content (AvgIpc) is 2.70. The summed E-state index contributed by atoms with van der Waals surface area (Å²) in [5.41, 5.74) is 1.08. The molecule has 0 aromatic heterocycles. The third-order valence-electron chi connectivity index (χ3n) is 2.66. The Balaban J connectivity index is 0.000000659. The van der Waals surface area contributed by atoms with Gasteiger partial charge in [-0.25, -0.2) is 0 Å². The van der Waals surface area contributed by atoms with Crippen molar-refractivity contribution in [2.45, 2.75) is 39.5 Å². The first-order valence-electron chi connectivity index (χ1n) is 6.29. The summed E-state index contributed by atoms with van der Waals surface area (Å²) in [7, 11) is 3.72. The summed E-state index contributed by atoms with van der Waals surface area (Å²) in [6, 6.07) is 10.4. The van der Waals surface area contributed by atoms with Gasteiger partial charge in [0.25, 0.3) is 0 Å². The van der Waals surface area contributed by atoms with Crippen LogP contribution in [0.15, 0.2) is 30.3 Å². The molecule has 1 fully saturated rings. The molecule has 2 rings (SSSR count). The molecule has 0 saturated carbocycles. The van der Waals surface area contributed by atoms with Gasteiger partial charge >= 0.3 is 0 Å². The summed E-state index contributed by atoms with van der Waals surface area (Å²) >= 11 is 0. The van der Waals surface area contributed by atoms with Gasteiger partial charge in [-0.05, 0) is 19.4 Å². The molecule has 2 atom stereocenters. The predicted molar refractivity (Wildman–Crippen MR) is 80.3 cm³/mol. The Morgan fingerprint density at radius 2 is 1.72 bits per heavy atom. The van der Waals surface area contributed by atoms with Crippen molar-refractivity contribution in [2.75, 3.05) is 13.7 Å². The molecule has 1 aromatic rings. The van der Waals surface area contributed by atoms with Gasteiger partial charge in [0.15, 0.2) is 0 Å². The van der Waals surface area contributed by atoms with E-state index in [-0.39, 0.29) is 11.8 Å². The molecule has 0 aliphatic carbocycles. The second-order valence-electron chi connectivity index (χ2n) is 4.12. The van der Waals surface area contributed by atoms with E-state index in [1.165, 1.54) is 5.56 Å². The van der Waals surface area contributed by atoms with Crippen molar-refractivity contribution in [1.82, 2.24) is 4.67 Å². The molecule has 1 aromatic carbocycles. The smallest absolute Gasteiger partial charge is 0.119 e. The Kier molecular flexibility index (Phi) is 8.38. The molecule has 1 heterocycles. The topological polar surface area (TPSA) is 32.7 Å². The summed E-state index contributed by atoms with van der Waals surface area (Å²) < 4.78 is 8.11. The van der Waals surface area contributed by atoms with Crippen LogP contribution in [-0.4, -0.2) is 29.2 Å². The number of hydrogen-bond donors (Lipinski definition) is 1. The molecule has 104 valence electrons. The molecule has 18 heavy (non-hydrogen) atoms. The highest BCUT2D eigenvalue weighted by Gasteiger charge is 2.37. The molecule has 0 bridgehead atoms. The number of benzene rings is 1. The SMILES string of the molecule is CC.CC1(C)OC(c2ccccc2)CN1P.CO. The lowest BCUT2D eigenvalue weighted by atomic mass is 10.1. The van der Waals surface area contributed by atoms with Crippen molar-refractivity contribution in [1.29, 1.82) is 0 Å². The van der Waals surface area contributed by atoms with Crippen molar-refractivity contribution < 1.29 is 9.84 Å². The fourth-order valence-corrected chi connectivity index (χ4v) is 1.95. The van der Waals surface area contributed by atoms with Gasteiger partial charge in [-0.15, -0.1) is 0 Å². The molecule has 0 radical (unpaired) electrons. The zero-order valence-electron chi connectivity index (χ0n) is 12.1. The molecule has 1 saturated heterocycles. The van der Waals surface area contributed by atoms with E-state index in [1.54, 1.807) is 0 Å². The summed E-state index contributed by atoms with van der Waals surface area (Å²) in [5.74, 6) is 0. The number of aliphatic hydroxyl groups is 1. The fourth-order valence-electron chi connectivity index (χ4n) is 1.69. The van der Waals surface area contributed by atoms with Crippen LogP contribution >= 0.6 is 9.39 Å². The largest absolute Gasteiger partial charge is 0.400 e. The van der Waals surface area contributed by atoms with E-state index in [2.05, 4.69) is 52.2 Å². The average molecular weight is 271 g/mol. The van der Waals surface area contributed by atoms with Crippen LogP contribution in [0.25, 0.3) is 0 Å². The van der Waals surface area contributed by atoms with Gasteiger partial charge in [-0.2, -0.15) is 0 Å². The van der Waals surface area contributed by atoms with Crippen LogP contribution in [0.4, 0.5) is 0 Å². The second-order valence-corrected chi connectivity index (χ2v) is 4.74. The highest BCUT2D eigenvalue weighted by atomic mass is 31.0. The summed E-state index contributed by atoms with van der Waals surface area (Å²) in [4.78, 5) is 0. The van der Waals surface area contributed by atoms with Gasteiger partial charge < -0.3 is 9.84 Å². The Hall–Kier alpha value is -0.470. The highest BCUT2D eigenvalue weighted by Crippen LogP contribution is 2.37. The third-order valence-corrected chi connectivity index (χ3v) is 3.49. The Morgan fingerprint density at radius 1 is 1.22 bits per heavy atom. The van der Waals surface area contributed by atoms with E-state index in [0.717, 1.165) is 13.7 Å². The van der Waals surface area contributed by atoms with E-state index in [1.807, 2.05) is 19.9 Å². The van der Waals surface area contributed by atoms with Crippen LogP contribution in [0.2, 0.25) is 0 Å². The quantitative estimate of drug-likeness (QED) is 0.796. The minimum absolute atomic E-state index is 0.175. The Labute approximate surface area is 113 Å². The molecule has 3 nitrogen and oxygen atoms in total. The number of rotatable bonds is 1.